The third-order valence-electron chi connectivity index (χ3n) is 8.92. The zero-order chi connectivity index (χ0) is 26.9. The Morgan fingerprint density at radius 1 is 1.14 bits per heavy atom. The first-order valence-electron chi connectivity index (χ1n) is 14.6. The highest BCUT2D eigenvalue weighted by Crippen LogP contribution is 2.29. The maximum atomic E-state index is 11.6. The number of carboxylic acid groups (broad SMARTS) is 1. The van der Waals surface area contributed by atoms with Gasteiger partial charge in [0.1, 0.15) is 0 Å². The monoisotopic (exact) mass is 521 g/mol. The summed E-state index contributed by atoms with van der Waals surface area (Å²) in [6.07, 6.45) is 9.83. The quantitative estimate of drug-likeness (QED) is 0.191. The van der Waals surface area contributed by atoms with Crippen molar-refractivity contribution in [1.29, 1.82) is 0 Å². The molecule has 0 unspecified atom stereocenters. The van der Waals surface area contributed by atoms with Crippen molar-refractivity contribution in [1.82, 2.24) is 16.0 Å². The molecule has 0 spiro atoms. The molecule has 37 heavy (non-hydrogen) atoms. The van der Waals surface area contributed by atoms with Gasteiger partial charge in [-0.3, -0.25) is 4.79 Å². The molecule has 7 N–H and O–H groups in total. The van der Waals surface area contributed by atoms with Gasteiger partial charge < -0.3 is 36.4 Å². The number of unbranched alkanes of at least 4 members (excludes halogenated alkanes) is 1. The first kappa shape index (κ1) is 30.3. The van der Waals surface area contributed by atoms with Gasteiger partial charge in [0.05, 0.1) is 18.1 Å². The van der Waals surface area contributed by atoms with Crippen LogP contribution in [0.5, 0.6) is 0 Å². The first-order chi connectivity index (χ1) is 17.6. The summed E-state index contributed by atoms with van der Waals surface area (Å²) >= 11 is 0. The summed E-state index contributed by atoms with van der Waals surface area (Å²) in [5, 5.41) is 51.4. The largest absolute Gasteiger partial charge is 0.481 e. The van der Waals surface area contributed by atoms with Crippen molar-refractivity contribution in [2.75, 3.05) is 19.7 Å². The summed E-state index contributed by atoms with van der Waals surface area (Å²) < 4.78 is 0. The van der Waals surface area contributed by atoms with E-state index in [-0.39, 0.29) is 55.1 Å². The van der Waals surface area contributed by atoms with E-state index in [1.54, 1.807) is 0 Å². The van der Waals surface area contributed by atoms with Crippen molar-refractivity contribution < 1.29 is 25.2 Å². The molecule has 0 amide bonds. The molecule has 3 aliphatic rings. The molecule has 0 radical (unpaired) electrons. The number of carboxylic acids is 1. The maximum absolute atomic E-state index is 11.6. The molecule has 3 aliphatic heterocycles. The Bertz CT molecular complexity index is 785. The van der Waals surface area contributed by atoms with Gasteiger partial charge in [0.25, 0.3) is 0 Å². The highest BCUT2D eigenvalue weighted by atomic mass is 16.4. The predicted octanol–water partition coefficient (Wildman–Crippen LogP) is 2.16. The van der Waals surface area contributed by atoms with Gasteiger partial charge in [-0.05, 0) is 84.1 Å². The van der Waals surface area contributed by atoms with E-state index >= 15 is 0 Å². The molecule has 8 nitrogen and oxygen atoms in total. The van der Waals surface area contributed by atoms with Gasteiger partial charge in [0.15, 0.2) is 0 Å². The minimum Gasteiger partial charge on any atom is -0.481 e. The summed E-state index contributed by atoms with van der Waals surface area (Å²) in [5.41, 5.74) is -1.52. The van der Waals surface area contributed by atoms with Gasteiger partial charge in [-0.1, -0.05) is 18.8 Å². The lowest BCUT2D eigenvalue weighted by Gasteiger charge is -2.42. The number of hydrogen-bond donors (Lipinski definition) is 7. The lowest BCUT2D eigenvalue weighted by molar-refractivity contribution is -0.143. The molecule has 3 rings (SSSR count). The number of aliphatic carboxylic acids is 1. The molecule has 0 aliphatic carbocycles. The van der Waals surface area contributed by atoms with Crippen molar-refractivity contribution in [2.45, 2.75) is 133 Å². The van der Waals surface area contributed by atoms with E-state index in [4.69, 9.17) is 0 Å². The van der Waals surface area contributed by atoms with Gasteiger partial charge in [0.2, 0.25) is 0 Å². The van der Waals surface area contributed by atoms with Crippen LogP contribution in [-0.2, 0) is 4.79 Å². The Balaban J connectivity index is 1.64. The van der Waals surface area contributed by atoms with E-state index in [2.05, 4.69) is 34.7 Å². The molecule has 0 aromatic heterocycles. The lowest BCUT2D eigenvalue weighted by Crippen LogP contribution is -2.57. The van der Waals surface area contributed by atoms with Gasteiger partial charge in [-0.15, -0.1) is 5.92 Å². The van der Waals surface area contributed by atoms with E-state index in [1.165, 1.54) is 0 Å². The number of fused-ring (bicyclic) bond motifs is 2. The van der Waals surface area contributed by atoms with Gasteiger partial charge in [-0.2, -0.15) is 0 Å². The molecule has 2 saturated heterocycles. The molecule has 0 saturated carbocycles. The van der Waals surface area contributed by atoms with Crippen LogP contribution in [0.1, 0.15) is 97.3 Å². The Kier molecular flexibility index (Phi) is 11.7. The third kappa shape index (κ3) is 10.1. The van der Waals surface area contributed by atoms with Crippen molar-refractivity contribution in [3.8, 4) is 11.8 Å². The Morgan fingerprint density at radius 2 is 1.92 bits per heavy atom. The van der Waals surface area contributed by atoms with Crippen LogP contribution in [-0.4, -0.2) is 81.5 Å². The number of aliphatic hydroxyl groups excluding tert-OH is 2. The molecule has 0 aromatic rings. The van der Waals surface area contributed by atoms with E-state index in [1.807, 2.05) is 6.92 Å². The van der Waals surface area contributed by atoms with Crippen LogP contribution >= 0.6 is 0 Å². The standard InChI is InChI=1S/C29H51N3O5/c1-21-26(34)11-10-24(32-21)8-4-3-6-22-7-5-9-25-17-28(2,14-15-30-25)31-20-29(37,18-27(35)36)13-12-23(16-22)19-33/h21-26,30-34,37H,3-4,6,8-20H2,1-2H3,(H,35,36)/t21-,22-,23-,24+,25+,26+,28-,29+/m0/s1. The zero-order valence-electron chi connectivity index (χ0n) is 23.0. The summed E-state index contributed by atoms with van der Waals surface area (Å²) in [4.78, 5) is 11.6. The topological polar surface area (TPSA) is 134 Å². The minimum atomic E-state index is -1.34. The summed E-state index contributed by atoms with van der Waals surface area (Å²) in [5.74, 6) is 6.16. The predicted molar refractivity (Wildman–Crippen MR) is 145 cm³/mol. The summed E-state index contributed by atoms with van der Waals surface area (Å²) in [6, 6.07) is 0.879. The van der Waals surface area contributed by atoms with Crippen LogP contribution in [0.25, 0.3) is 0 Å². The minimum absolute atomic E-state index is 0.0156. The number of piperidine rings is 2. The average Bonchev–Trinajstić information content (AvgIpc) is 2.84. The lowest BCUT2D eigenvalue weighted by atomic mass is 9.81. The van der Waals surface area contributed by atoms with E-state index < -0.39 is 11.6 Å². The number of hydrogen-bond acceptors (Lipinski definition) is 7. The second-order valence-electron chi connectivity index (χ2n) is 12.4. The number of β-amino-alcohol motifs (C(OH)–C–C–N with tert-alkyl or cyclic N) is 1. The highest BCUT2D eigenvalue weighted by Gasteiger charge is 2.37. The molecule has 212 valence electrons. The number of nitrogens with one attached hydrogen (secondary N) is 3. The smallest absolute Gasteiger partial charge is 0.306 e. The number of carbonyl (C=O) groups is 1. The molecular formula is C29H51N3O5. The van der Waals surface area contributed by atoms with Crippen LogP contribution in [0.3, 0.4) is 0 Å². The van der Waals surface area contributed by atoms with Gasteiger partial charge in [-0.25, -0.2) is 0 Å². The highest BCUT2D eigenvalue weighted by molar-refractivity contribution is 5.68. The van der Waals surface area contributed by atoms with Crippen LogP contribution in [0, 0.1) is 23.7 Å². The third-order valence-corrected chi connectivity index (χ3v) is 8.92. The Morgan fingerprint density at radius 3 is 2.65 bits per heavy atom. The molecule has 2 bridgehead atoms. The number of rotatable bonds is 8. The fourth-order valence-corrected chi connectivity index (χ4v) is 6.41. The molecular weight excluding hydrogens is 470 g/mol. The normalized spacial score (nSPS) is 39.7. The second-order valence-corrected chi connectivity index (χ2v) is 12.4. The SMILES string of the molecule is C[C@@H]1N[C@H](CCCC[C@H]2C#CC[C@@H]3C[C@](C)(CCN3)NC[C@](O)(CC(=O)O)CC[C@H](CO)C2)CC[C@H]1O. The van der Waals surface area contributed by atoms with Crippen molar-refractivity contribution in [2.24, 2.45) is 11.8 Å². The maximum Gasteiger partial charge on any atom is 0.306 e. The summed E-state index contributed by atoms with van der Waals surface area (Å²) in [6.45, 7) is 5.33. The molecule has 8 heteroatoms. The molecule has 3 heterocycles. The van der Waals surface area contributed by atoms with E-state index in [0.717, 1.165) is 70.8 Å². The van der Waals surface area contributed by atoms with E-state index in [0.29, 0.717) is 18.9 Å². The van der Waals surface area contributed by atoms with Crippen molar-refractivity contribution in [3.63, 3.8) is 0 Å². The Hall–Kier alpha value is -1.21. The van der Waals surface area contributed by atoms with Crippen LogP contribution in [0.4, 0.5) is 0 Å². The second kappa shape index (κ2) is 14.3. The van der Waals surface area contributed by atoms with Crippen LogP contribution in [0.15, 0.2) is 0 Å². The van der Waals surface area contributed by atoms with Crippen LogP contribution in [0.2, 0.25) is 0 Å². The first-order valence-corrected chi connectivity index (χ1v) is 14.6. The fourth-order valence-electron chi connectivity index (χ4n) is 6.41. The zero-order valence-corrected chi connectivity index (χ0v) is 23.0. The van der Waals surface area contributed by atoms with E-state index in [9.17, 15) is 25.2 Å². The molecule has 8 atom stereocenters. The molecule has 0 aromatic carbocycles. The van der Waals surface area contributed by atoms with Gasteiger partial charge in [0, 0.05) is 49.2 Å². The van der Waals surface area contributed by atoms with Crippen LogP contribution < -0.4 is 16.0 Å². The van der Waals surface area contributed by atoms with Crippen molar-refractivity contribution in [3.05, 3.63) is 0 Å². The average molecular weight is 522 g/mol. The number of aliphatic hydroxyl groups is 3. The fraction of sp³-hybridized carbons (Fsp3) is 0.897. The van der Waals surface area contributed by atoms with Gasteiger partial charge >= 0.3 is 5.97 Å². The molecule has 2 fully saturated rings. The summed E-state index contributed by atoms with van der Waals surface area (Å²) in [7, 11) is 0. The Labute approximate surface area is 223 Å². The van der Waals surface area contributed by atoms with Crippen molar-refractivity contribution >= 4 is 5.97 Å².